The summed E-state index contributed by atoms with van der Waals surface area (Å²) in [4.78, 5) is 12.1. The molecule has 0 fully saturated rings. The first-order chi connectivity index (χ1) is 6.93. The zero-order chi connectivity index (χ0) is 11.2. The Bertz CT molecular complexity index is 440. The van der Waals surface area contributed by atoms with Gasteiger partial charge in [0.1, 0.15) is 0 Å². The molecule has 0 saturated heterocycles. The van der Waals surface area contributed by atoms with E-state index in [1.54, 1.807) is 23.9 Å². The predicted molar refractivity (Wildman–Crippen MR) is 66.2 cm³/mol. The van der Waals surface area contributed by atoms with Crippen molar-refractivity contribution in [1.29, 1.82) is 0 Å². The largest absolute Gasteiger partial charge is 0.293 e. The molecule has 0 atom stereocenters. The molecule has 0 aromatic heterocycles. The number of ketones is 1. The van der Waals surface area contributed by atoms with Crippen LogP contribution in [0.2, 0.25) is 10.0 Å². The maximum Gasteiger partial charge on any atom is 0.180 e. The second-order valence-electron chi connectivity index (χ2n) is 4.01. The fourth-order valence-electron chi connectivity index (χ4n) is 1.60. The monoisotopic (exact) mass is 260 g/mol. The van der Waals surface area contributed by atoms with Gasteiger partial charge in [-0.3, -0.25) is 4.79 Å². The minimum absolute atomic E-state index is 0.0706. The highest BCUT2D eigenvalue weighted by atomic mass is 35.5. The third kappa shape index (κ3) is 1.79. The fraction of sp³-hybridized carbons (Fsp3) is 0.364. The summed E-state index contributed by atoms with van der Waals surface area (Å²) in [5.74, 6) is 0.814. The second-order valence-corrected chi connectivity index (χ2v) is 6.42. The molecule has 1 aromatic carbocycles. The summed E-state index contributed by atoms with van der Waals surface area (Å²) in [7, 11) is 0. The van der Waals surface area contributed by atoms with Gasteiger partial charge in [-0.15, -0.1) is 11.8 Å². The molecule has 0 bridgehead atoms. The van der Waals surface area contributed by atoms with E-state index in [1.165, 1.54) is 0 Å². The number of hydrogen-bond acceptors (Lipinski definition) is 2. The van der Waals surface area contributed by atoms with Crippen LogP contribution in [-0.4, -0.2) is 10.5 Å². The number of Topliss-reactive ketones (excluding diaryl/α,β-unsaturated/α-hetero) is 1. The number of carbonyl (C=O) groups excluding carboxylic acids is 1. The summed E-state index contributed by atoms with van der Waals surface area (Å²) in [6.07, 6.45) is 0. The number of thioether (sulfide) groups is 1. The van der Waals surface area contributed by atoms with Gasteiger partial charge in [0, 0.05) is 16.3 Å². The van der Waals surface area contributed by atoms with Crippen molar-refractivity contribution in [2.75, 3.05) is 0 Å². The average Bonchev–Trinajstić information content (AvgIpc) is 2.16. The topological polar surface area (TPSA) is 17.1 Å². The molecule has 0 radical (unpaired) electrons. The van der Waals surface area contributed by atoms with Crippen LogP contribution >= 0.6 is 35.0 Å². The highest BCUT2D eigenvalue weighted by molar-refractivity contribution is 8.00. The van der Waals surface area contributed by atoms with Gasteiger partial charge in [-0.2, -0.15) is 0 Å². The Kier molecular flexibility index (Phi) is 2.78. The number of rotatable bonds is 0. The Hall–Kier alpha value is -0.180. The number of benzene rings is 1. The van der Waals surface area contributed by atoms with Crippen LogP contribution in [-0.2, 0) is 5.75 Å². The second kappa shape index (κ2) is 3.69. The number of carbonyl (C=O) groups is 1. The van der Waals surface area contributed by atoms with Crippen LogP contribution in [0.1, 0.15) is 29.8 Å². The zero-order valence-electron chi connectivity index (χ0n) is 8.43. The van der Waals surface area contributed by atoms with Crippen molar-refractivity contribution in [3.63, 3.8) is 0 Å². The highest BCUT2D eigenvalue weighted by Gasteiger charge is 2.37. The molecule has 0 saturated carbocycles. The van der Waals surface area contributed by atoms with E-state index in [-0.39, 0.29) is 5.78 Å². The van der Waals surface area contributed by atoms with Gasteiger partial charge in [0.2, 0.25) is 0 Å². The van der Waals surface area contributed by atoms with E-state index in [0.29, 0.717) is 15.6 Å². The van der Waals surface area contributed by atoms with Crippen LogP contribution in [0.3, 0.4) is 0 Å². The minimum atomic E-state index is -0.401. The van der Waals surface area contributed by atoms with Gasteiger partial charge < -0.3 is 0 Å². The normalized spacial score (nSPS) is 18.8. The Morgan fingerprint density at radius 1 is 1.27 bits per heavy atom. The summed E-state index contributed by atoms with van der Waals surface area (Å²) in [6, 6.07) is 3.43. The number of halogens is 2. The molecule has 2 rings (SSSR count). The molecule has 15 heavy (non-hydrogen) atoms. The van der Waals surface area contributed by atoms with Crippen molar-refractivity contribution >= 4 is 40.7 Å². The molecule has 1 aliphatic heterocycles. The lowest BCUT2D eigenvalue weighted by atomic mass is 9.95. The predicted octanol–water partition coefficient (Wildman–Crippen LogP) is 4.20. The Labute approximate surface area is 103 Å². The van der Waals surface area contributed by atoms with Gasteiger partial charge in [0.15, 0.2) is 5.78 Å². The highest BCUT2D eigenvalue weighted by Crippen LogP contribution is 2.43. The van der Waals surface area contributed by atoms with Crippen LogP contribution < -0.4 is 0 Å². The standard InChI is InChI=1S/C11H10Cl2OS/c1-11(2)10(14)9-6(5-15-11)7(12)3-4-8(9)13/h3-4H,5H2,1-2H3. The van der Waals surface area contributed by atoms with Gasteiger partial charge in [-0.05, 0) is 31.5 Å². The van der Waals surface area contributed by atoms with Crippen molar-refractivity contribution < 1.29 is 4.79 Å². The summed E-state index contributed by atoms with van der Waals surface area (Å²) in [5, 5.41) is 1.14. The first kappa shape index (κ1) is 11.3. The van der Waals surface area contributed by atoms with E-state index >= 15 is 0 Å². The third-order valence-electron chi connectivity index (χ3n) is 2.56. The van der Waals surface area contributed by atoms with Crippen molar-refractivity contribution in [2.45, 2.75) is 24.3 Å². The smallest absolute Gasteiger partial charge is 0.180 e. The van der Waals surface area contributed by atoms with E-state index in [0.717, 1.165) is 11.3 Å². The summed E-state index contributed by atoms with van der Waals surface area (Å²) in [5.41, 5.74) is 1.48. The van der Waals surface area contributed by atoms with Gasteiger partial charge in [0.05, 0.1) is 9.77 Å². The zero-order valence-corrected chi connectivity index (χ0v) is 10.8. The van der Waals surface area contributed by atoms with E-state index in [9.17, 15) is 4.79 Å². The summed E-state index contributed by atoms with van der Waals surface area (Å²) >= 11 is 13.7. The van der Waals surface area contributed by atoms with Crippen molar-refractivity contribution in [1.82, 2.24) is 0 Å². The molecule has 0 aliphatic carbocycles. The maximum atomic E-state index is 12.1. The third-order valence-corrected chi connectivity index (χ3v) is 4.57. The molecule has 1 heterocycles. The molecule has 0 unspecified atom stereocenters. The molecule has 1 nitrogen and oxygen atoms in total. The lowest BCUT2D eigenvalue weighted by molar-refractivity contribution is 0.0955. The van der Waals surface area contributed by atoms with E-state index in [2.05, 4.69) is 0 Å². The average molecular weight is 261 g/mol. The van der Waals surface area contributed by atoms with Gasteiger partial charge in [-0.25, -0.2) is 0 Å². The van der Waals surface area contributed by atoms with Crippen molar-refractivity contribution in [3.8, 4) is 0 Å². The van der Waals surface area contributed by atoms with Crippen molar-refractivity contribution in [3.05, 3.63) is 33.3 Å². The lowest BCUT2D eigenvalue weighted by Gasteiger charge is -2.30. The maximum absolute atomic E-state index is 12.1. The lowest BCUT2D eigenvalue weighted by Crippen LogP contribution is -2.32. The summed E-state index contributed by atoms with van der Waals surface area (Å²) < 4.78 is -0.401. The molecule has 0 spiro atoms. The van der Waals surface area contributed by atoms with Crippen LogP contribution in [0.4, 0.5) is 0 Å². The Morgan fingerprint density at radius 3 is 2.53 bits per heavy atom. The van der Waals surface area contributed by atoms with Crippen LogP contribution in [0.25, 0.3) is 0 Å². The molecule has 0 N–H and O–H groups in total. The molecule has 0 amide bonds. The number of fused-ring (bicyclic) bond motifs is 1. The first-order valence-corrected chi connectivity index (χ1v) is 6.33. The number of hydrogen-bond donors (Lipinski definition) is 0. The van der Waals surface area contributed by atoms with Gasteiger partial charge in [0.25, 0.3) is 0 Å². The summed E-state index contributed by atoms with van der Waals surface area (Å²) in [6.45, 7) is 3.83. The molecule has 80 valence electrons. The Balaban J connectivity index is 2.66. The Morgan fingerprint density at radius 2 is 1.87 bits per heavy atom. The molecule has 1 aliphatic rings. The quantitative estimate of drug-likeness (QED) is 0.696. The van der Waals surface area contributed by atoms with Crippen molar-refractivity contribution in [2.24, 2.45) is 0 Å². The van der Waals surface area contributed by atoms with Crippen LogP contribution in [0.5, 0.6) is 0 Å². The van der Waals surface area contributed by atoms with Gasteiger partial charge in [-0.1, -0.05) is 23.2 Å². The van der Waals surface area contributed by atoms with E-state index < -0.39 is 4.75 Å². The molecule has 4 heteroatoms. The molecular weight excluding hydrogens is 251 g/mol. The van der Waals surface area contributed by atoms with E-state index in [1.807, 2.05) is 13.8 Å². The van der Waals surface area contributed by atoms with Gasteiger partial charge >= 0.3 is 0 Å². The van der Waals surface area contributed by atoms with Crippen LogP contribution in [0.15, 0.2) is 12.1 Å². The van der Waals surface area contributed by atoms with Crippen LogP contribution in [0, 0.1) is 0 Å². The SMILES string of the molecule is CC1(C)SCc2c(Cl)ccc(Cl)c2C1=O. The minimum Gasteiger partial charge on any atom is -0.293 e. The molecule has 1 aromatic rings. The first-order valence-electron chi connectivity index (χ1n) is 4.59. The van der Waals surface area contributed by atoms with E-state index in [4.69, 9.17) is 23.2 Å². The molecular formula is C11H10Cl2OS. The fourth-order valence-corrected chi connectivity index (χ4v) is 3.20.